The Bertz CT molecular complexity index is 1940. The molecule has 4 aromatic carbocycles. The molecule has 0 unspecified atom stereocenters. The minimum Gasteiger partial charge on any atom is -0.505 e. The Kier molecular flexibility index (Phi) is 12.0. The first-order chi connectivity index (χ1) is 22.0. The van der Waals surface area contributed by atoms with Crippen molar-refractivity contribution in [1.29, 1.82) is 0 Å². The van der Waals surface area contributed by atoms with Crippen molar-refractivity contribution in [3.05, 3.63) is 78.4 Å². The first kappa shape index (κ1) is 35.1. The largest absolute Gasteiger partial charge is 0.505 e. The van der Waals surface area contributed by atoms with E-state index in [1.165, 1.54) is 36.4 Å². The van der Waals surface area contributed by atoms with Crippen molar-refractivity contribution in [2.75, 3.05) is 17.7 Å². The minimum atomic E-state index is -4.86. The molecule has 0 aliphatic carbocycles. The Morgan fingerprint density at radius 1 is 0.891 bits per heavy atom. The van der Waals surface area contributed by atoms with Crippen LogP contribution >= 0.6 is 24.4 Å². The summed E-state index contributed by atoms with van der Waals surface area (Å²) in [6, 6.07) is 16.4. The number of phenols is 1. The van der Waals surface area contributed by atoms with Crippen LogP contribution in [-0.4, -0.2) is 55.3 Å². The Morgan fingerprint density at radius 2 is 1.59 bits per heavy atom. The topological polar surface area (TPSA) is 249 Å². The number of rotatable bonds is 15. The molecular weight excluding hydrogens is 695 g/mol. The molecule has 0 saturated carbocycles. The third-order valence-electron chi connectivity index (χ3n) is 5.89. The van der Waals surface area contributed by atoms with Gasteiger partial charge in [0.15, 0.2) is 27.9 Å². The van der Waals surface area contributed by atoms with E-state index in [2.05, 4.69) is 34.3 Å². The summed E-state index contributed by atoms with van der Waals surface area (Å²) in [5.41, 5.74) is -0.0544. The van der Waals surface area contributed by atoms with Gasteiger partial charge < -0.3 is 10.4 Å². The summed E-state index contributed by atoms with van der Waals surface area (Å²) in [5, 5.41) is 45.2. The van der Waals surface area contributed by atoms with E-state index >= 15 is 0 Å². The van der Waals surface area contributed by atoms with Gasteiger partial charge in [0.25, 0.3) is 16.0 Å². The Balaban J connectivity index is 1.74. The summed E-state index contributed by atoms with van der Waals surface area (Å²) >= 11 is 0.521. The zero-order valence-electron chi connectivity index (χ0n) is 22.7. The summed E-state index contributed by atoms with van der Waals surface area (Å²) in [7, 11) is -8.67. The molecule has 1 amide bonds. The second kappa shape index (κ2) is 15.7. The van der Waals surface area contributed by atoms with Gasteiger partial charge in [-0.25, -0.2) is 18.9 Å². The molecule has 0 heterocycles. The molecule has 244 valence electrons. The number of carbonyl (C=O) groups excluding carboxylic acids is 1. The summed E-state index contributed by atoms with van der Waals surface area (Å²) < 4.78 is 72.6. The van der Waals surface area contributed by atoms with Crippen LogP contribution in [0, 0.1) is 0 Å². The first-order valence-corrected chi connectivity index (χ1v) is 16.8. The van der Waals surface area contributed by atoms with E-state index in [0.717, 1.165) is 18.2 Å². The lowest BCUT2D eigenvalue weighted by Crippen LogP contribution is -2.12. The van der Waals surface area contributed by atoms with E-state index in [1.807, 2.05) is 0 Å². The predicted molar refractivity (Wildman–Crippen MR) is 161 cm³/mol. The van der Waals surface area contributed by atoms with Crippen molar-refractivity contribution < 1.29 is 64.7 Å². The maximum Gasteiger partial charge on any atom is 0.295 e. The molecule has 46 heavy (non-hydrogen) atoms. The summed E-state index contributed by atoms with van der Waals surface area (Å²) in [6.07, 6.45) is 0. The molecule has 17 nitrogen and oxygen atoms in total. The van der Waals surface area contributed by atoms with Crippen molar-refractivity contribution in [3.8, 4) is 5.75 Å². The molecule has 0 bridgehead atoms. The number of fused-ring (bicyclic) bond motifs is 1. The third kappa shape index (κ3) is 8.75. The van der Waals surface area contributed by atoms with Crippen LogP contribution in [0.3, 0.4) is 0 Å². The monoisotopic (exact) mass is 715 g/mol. The van der Waals surface area contributed by atoms with Gasteiger partial charge >= 0.3 is 0 Å². The molecule has 0 aliphatic heterocycles. The number of phenolic OH excluding ortho intramolecular Hbond substituents is 1. The number of aromatic hydroxyl groups is 1. The standard InChI is InChI=1S/C25H21N3O14S4/c29-24-22-18(21(46(35,36)37)11-10-19(22)26-25(30)15-4-2-1-3-5-15)14-20(43-41-39-31)23(24)28-27-16-6-8-17(9-7-16)45(33,34)13-12-38-44-42-40-32/h1-11,14,29,31-32H,12-13H2,(H,26,30)(H,35,36,37). The van der Waals surface area contributed by atoms with Crippen LogP contribution in [0.5, 0.6) is 5.75 Å². The van der Waals surface area contributed by atoms with Gasteiger partial charge in [0.05, 0.1) is 51.0 Å². The van der Waals surface area contributed by atoms with E-state index in [4.69, 9.17) is 14.7 Å². The number of anilines is 1. The van der Waals surface area contributed by atoms with Gasteiger partial charge in [-0.3, -0.25) is 13.5 Å². The van der Waals surface area contributed by atoms with Gasteiger partial charge in [-0.1, -0.05) is 28.3 Å². The zero-order chi connectivity index (χ0) is 33.3. The van der Waals surface area contributed by atoms with Crippen LogP contribution in [0.15, 0.2) is 97.7 Å². The van der Waals surface area contributed by atoms with Crippen LogP contribution in [0.1, 0.15) is 10.4 Å². The molecule has 5 N–H and O–H groups in total. The minimum absolute atomic E-state index is 0.0616. The molecule has 0 aromatic heterocycles. The van der Waals surface area contributed by atoms with Gasteiger partial charge in [0.2, 0.25) is 0 Å². The van der Waals surface area contributed by atoms with Crippen molar-refractivity contribution >= 4 is 78.1 Å². The van der Waals surface area contributed by atoms with Crippen LogP contribution in [-0.2, 0) is 42.9 Å². The molecule has 4 rings (SSSR count). The second-order valence-corrected chi connectivity index (χ2v) is 13.4. The fourth-order valence-corrected chi connectivity index (χ4v) is 6.49. The van der Waals surface area contributed by atoms with Crippen molar-refractivity contribution in [2.24, 2.45) is 10.2 Å². The normalized spacial score (nSPS) is 12.2. The molecule has 0 radical (unpaired) electrons. The van der Waals surface area contributed by atoms with Gasteiger partial charge in [-0.05, 0) is 54.6 Å². The first-order valence-electron chi connectivity index (χ1n) is 12.3. The number of benzene rings is 4. The summed E-state index contributed by atoms with van der Waals surface area (Å²) in [6.45, 7) is -0.299. The molecule has 4 aromatic rings. The highest BCUT2D eigenvalue weighted by atomic mass is 32.2. The summed E-state index contributed by atoms with van der Waals surface area (Å²) in [5.74, 6) is -1.76. The Morgan fingerprint density at radius 3 is 2.24 bits per heavy atom. The highest BCUT2D eigenvalue weighted by Gasteiger charge is 2.24. The van der Waals surface area contributed by atoms with Crippen molar-refractivity contribution in [1.82, 2.24) is 0 Å². The zero-order valence-corrected chi connectivity index (χ0v) is 26.0. The Labute approximate surface area is 268 Å². The van der Waals surface area contributed by atoms with Gasteiger partial charge in [0, 0.05) is 10.9 Å². The molecule has 0 aliphatic rings. The van der Waals surface area contributed by atoms with Crippen LogP contribution in [0.25, 0.3) is 10.8 Å². The highest BCUT2D eigenvalue weighted by molar-refractivity contribution is 7.94. The number of nitrogens with zero attached hydrogens (tertiary/aromatic N) is 2. The molecule has 0 saturated heterocycles. The van der Waals surface area contributed by atoms with E-state index in [1.54, 1.807) is 18.2 Å². The number of carbonyl (C=O) groups is 1. The van der Waals surface area contributed by atoms with E-state index in [0.29, 0.717) is 12.0 Å². The average molecular weight is 716 g/mol. The predicted octanol–water partition coefficient (Wildman–Crippen LogP) is 5.66. The van der Waals surface area contributed by atoms with Crippen LogP contribution in [0.4, 0.5) is 17.1 Å². The van der Waals surface area contributed by atoms with Crippen molar-refractivity contribution in [3.63, 3.8) is 0 Å². The van der Waals surface area contributed by atoms with E-state index in [-0.39, 0.29) is 62.1 Å². The van der Waals surface area contributed by atoms with Gasteiger partial charge in [-0.2, -0.15) is 13.5 Å². The lowest BCUT2D eigenvalue weighted by molar-refractivity contribution is -0.434. The highest BCUT2D eigenvalue weighted by Crippen LogP contribution is 2.48. The number of nitrogens with one attached hydrogen (secondary N) is 1. The molecule has 0 spiro atoms. The maximum atomic E-state index is 12.9. The quantitative estimate of drug-likeness (QED) is 0.0248. The lowest BCUT2D eigenvalue weighted by atomic mass is 10.1. The number of azo groups is 1. The fourth-order valence-electron chi connectivity index (χ4n) is 3.91. The molecule has 21 heteroatoms. The van der Waals surface area contributed by atoms with Gasteiger partial charge in [-0.15, -0.1) is 13.8 Å². The number of hydrogen-bond acceptors (Lipinski definition) is 17. The van der Waals surface area contributed by atoms with Crippen LogP contribution < -0.4 is 5.32 Å². The number of hydrogen-bond donors (Lipinski definition) is 5. The smallest absolute Gasteiger partial charge is 0.295 e. The van der Waals surface area contributed by atoms with E-state index < -0.39 is 42.3 Å². The average Bonchev–Trinajstić information content (AvgIpc) is 3.03. The van der Waals surface area contributed by atoms with E-state index in [9.17, 15) is 31.3 Å². The second-order valence-electron chi connectivity index (χ2n) is 8.67. The SMILES string of the molecule is O=C(Nc1ccc(S(=O)(=O)O)c2cc(SOOO)c(N=Nc3ccc(S(=O)(=O)CCOSOOO)cc3)c(O)c12)c1ccccc1. The van der Waals surface area contributed by atoms with Crippen molar-refractivity contribution in [2.45, 2.75) is 14.7 Å². The fraction of sp³-hybridized carbons (Fsp3) is 0.0800. The molecule has 0 atom stereocenters. The summed E-state index contributed by atoms with van der Waals surface area (Å²) in [4.78, 5) is 12.0. The van der Waals surface area contributed by atoms with Gasteiger partial charge in [0.1, 0.15) is 10.6 Å². The van der Waals surface area contributed by atoms with Crippen LogP contribution in [0.2, 0.25) is 0 Å². The molecular formula is C25H21N3O14S4. The maximum absolute atomic E-state index is 12.9. The third-order valence-corrected chi connectivity index (χ3v) is 9.50. The Hall–Kier alpha value is -3.71. The number of amides is 1. The molecule has 0 fully saturated rings. The number of sulfone groups is 1. The lowest BCUT2D eigenvalue weighted by Gasteiger charge is -2.15.